The molecule has 0 radical (unpaired) electrons. The van der Waals surface area contributed by atoms with Crippen LogP contribution in [0.1, 0.15) is 51.5 Å². The third kappa shape index (κ3) is 4.59. The number of carbonyl (C=O) groups excluding carboxylic acids is 1. The number of likely N-dealkylation sites (tertiary alicyclic amines) is 1. The van der Waals surface area contributed by atoms with Gasteiger partial charge >= 0.3 is 0 Å². The highest BCUT2D eigenvalue weighted by molar-refractivity contribution is 5.93. The highest BCUT2D eigenvalue weighted by Crippen LogP contribution is 2.24. The topological polar surface area (TPSA) is 20.3 Å². The SMILES string of the molecule is CCCC/C=C(\C(C)=C/C(=O)N1CCCC1)c1ccccc1. The van der Waals surface area contributed by atoms with E-state index in [2.05, 4.69) is 44.2 Å². The zero-order valence-electron chi connectivity index (χ0n) is 13.8. The number of allylic oxidation sites excluding steroid dienone is 3. The van der Waals surface area contributed by atoms with Crippen LogP contribution in [0, 0.1) is 0 Å². The molecular weight excluding hydrogens is 270 g/mol. The summed E-state index contributed by atoms with van der Waals surface area (Å²) in [6.07, 6.45) is 9.80. The number of benzene rings is 1. The van der Waals surface area contributed by atoms with E-state index in [0.717, 1.165) is 37.9 Å². The van der Waals surface area contributed by atoms with Crippen molar-refractivity contribution in [3.8, 4) is 0 Å². The lowest BCUT2D eigenvalue weighted by molar-refractivity contribution is -0.125. The van der Waals surface area contributed by atoms with Crippen molar-refractivity contribution in [3.63, 3.8) is 0 Å². The summed E-state index contributed by atoms with van der Waals surface area (Å²) < 4.78 is 0. The van der Waals surface area contributed by atoms with E-state index in [1.807, 2.05) is 17.0 Å². The second-order valence-electron chi connectivity index (χ2n) is 5.99. The summed E-state index contributed by atoms with van der Waals surface area (Å²) in [6, 6.07) is 10.4. The summed E-state index contributed by atoms with van der Waals surface area (Å²) in [5, 5.41) is 0. The van der Waals surface area contributed by atoms with Gasteiger partial charge in [-0.3, -0.25) is 4.79 Å². The maximum Gasteiger partial charge on any atom is 0.246 e. The van der Waals surface area contributed by atoms with Crippen molar-refractivity contribution in [2.45, 2.75) is 46.0 Å². The minimum atomic E-state index is 0.160. The van der Waals surface area contributed by atoms with Crippen molar-refractivity contribution in [2.24, 2.45) is 0 Å². The number of unbranched alkanes of at least 4 members (excludes halogenated alkanes) is 2. The van der Waals surface area contributed by atoms with Crippen LogP contribution >= 0.6 is 0 Å². The molecule has 1 aromatic carbocycles. The molecule has 1 saturated heterocycles. The van der Waals surface area contributed by atoms with Gasteiger partial charge < -0.3 is 4.90 Å². The van der Waals surface area contributed by atoms with E-state index in [9.17, 15) is 4.79 Å². The van der Waals surface area contributed by atoms with Gasteiger partial charge in [-0.15, -0.1) is 0 Å². The second-order valence-corrected chi connectivity index (χ2v) is 5.99. The number of hydrogen-bond acceptors (Lipinski definition) is 1. The molecule has 2 heteroatoms. The lowest BCUT2D eigenvalue weighted by atomic mass is 9.97. The van der Waals surface area contributed by atoms with Gasteiger partial charge in [0, 0.05) is 19.2 Å². The first kappa shape index (κ1) is 16.5. The first-order valence-corrected chi connectivity index (χ1v) is 8.45. The molecule has 0 N–H and O–H groups in total. The van der Waals surface area contributed by atoms with Gasteiger partial charge in [0.15, 0.2) is 0 Å². The Morgan fingerprint density at radius 3 is 2.50 bits per heavy atom. The number of amides is 1. The molecular formula is C20H27NO. The third-order valence-corrected chi connectivity index (χ3v) is 4.17. The molecule has 0 aromatic heterocycles. The van der Waals surface area contributed by atoms with E-state index in [4.69, 9.17) is 0 Å². The van der Waals surface area contributed by atoms with Crippen LogP contribution in [-0.2, 0) is 4.79 Å². The van der Waals surface area contributed by atoms with E-state index in [1.54, 1.807) is 0 Å². The second kappa shape index (κ2) is 8.57. The molecule has 1 fully saturated rings. The summed E-state index contributed by atoms with van der Waals surface area (Å²) in [5.41, 5.74) is 3.46. The molecule has 2 nitrogen and oxygen atoms in total. The molecule has 1 aliphatic rings. The third-order valence-electron chi connectivity index (χ3n) is 4.17. The first-order valence-electron chi connectivity index (χ1n) is 8.45. The Bertz CT molecular complexity index is 536. The number of rotatable bonds is 6. The van der Waals surface area contributed by atoms with Crippen LogP contribution in [0.2, 0.25) is 0 Å². The van der Waals surface area contributed by atoms with Crippen molar-refractivity contribution < 1.29 is 4.79 Å². The fourth-order valence-electron chi connectivity index (χ4n) is 2.87. The van der Waals surface area contributed by atoms with Crippen LogP contribution in [0.5, 0.6) is 0 Å². The Morgan fingerprint density at radius 1 is 1.18 bits per heavy atom. The highest BCUT2D eigenvalue weighted by atomic mass is 16.2. The summed E-state index contributed by atoms with van der Waals surface area (Å²) >= 11 is 0. The van der Waals surface area contributed by atoms with E-state index in [0.29, 0.717) is 0 Å². The first-order chi connectivity index (χ1) is 10.7. The van der Waals surface area contributed by atoms with Crippen molar-refractivity contribution in [3.05, 3.63) is 53.6 Å². The molecule has 0 unspecified atom stereocenters. The normalized spacial score (nSPS) is 16.2. The molecule has 1 aliphatic heterocycles. The molecule has 0 bridgehead atoms. The molecule has 0 spiro atoms. The summed E-state index contributed by atoms with van der Waals surface area (Å²) in [5.74, 6) is 0.160. The van der Waals surface area contributed by atoms with Crippen LogP contribution in [0.15, 0.2) is 48.1 Å². The standard InChI is InChI=1S/C20H27NO/c1-3-4-6-13-19(18-11-7-5-8-12-18)17(2)16-20(22)21-14-9-10-15-21/h5,7-8,11-13,16H,3-4,6,9-10,14-15H2,1-2H3/b17-16-,19-13+. The quantitative estimate of drug-likeness (QED) is 0.418. The Morgan fingerprint density at radius 2 is 1.86 bits per heavy atom. The average Bonchev–Trinajstić information content (AvgIpc) is 3.07. The molecule has 1 amide bonds. The summed E-state index contributed by atoms with van der Waals surface area (Å²) in [7, 11) is 0. The maximum atomic E-state index is 12.3. The van der Waals surface area contributed by atoms with E-state index in [1.165, 1.54) is 24.0 Å². The molecule has 1 aromatic rings. The van der Waals surface area contributed by atoms with Crippen LogP contribution in [-0.4, -0.2) is 23.9 Å². The Kier molecular flexibility index (Phi) is 6.45. The van der Waals surface area contributed by atoms with Crippen LogP contribution in [0.3, 0.4) is 0 Å². The van der Waals surface area contributed by atoms with Gasteiger partial charge in [-0.1, -0.05) is 56.2 Å². The zero-order valence-corrected chi connectivity index (χ0v) is 13.8. The number of hydrogen-bond donors (Lipinski definition) is 0. The Hall–Kier alpha value is -1.83. The molecule has 2 rings (SSSR count). The predicted molar refractivity (Wildman–Crippen MR) is 93.5 cm³/mol. The van der Waals surface area contributed by atoms with Gasteiger partial charge in [-0.2, -0.15) is 0 Å². The molecule has 0 aliphatic carbocycles. The lowest BCUT2D eigenvalue weighted by Crippen LogP contribution is -2.25. The van der Waals surface area contributed by atoms with E-state index in [-0.39, 0.29) is 5.91 Å². The highest BCUT2D eigenvalue weighted by Gasteiger charge is 2.16. The van der Waals surface area contributed by atoms with Crippen LogP contribution in [0.4, 0.5) is 0 Å². The van der Waals surface area contributed by atoms with Crippen LogP contribution in [0.25, 0.3) is 5.57 Å². The maximum absolute atomic E-state index is 12.3. The predicted octanol–water partition coefficient (Wildman–Crippen LogP) is 4.83. The van der Waals surface area contributed by atoms with Crippen molar-refractivity contribution in [1.29, 1.82) is 0 Å². The van der Waals surface area contributed by atoms with Gasteiger partial charge in [0.05, 0.1) is 0 Å². The van der Waals surface area contributed by atoms with Crippen LogP contribution < -0.4 is 0 Å². The minimum absolute atomic E-state index is 0.160. The minimum Gasteiger partial charge on any atom is -0.339 e. The summed E-state index contributed by atoms with van der Waals surface area (Å²) in [6.45, 7) is 6.07. The molecule has 1 heterocycles. The van der Waals surface area contributed by atoms with Gasteiger partial charge in [-0.25, -0.2) is 0 Å². The fraction of sp³-hybridized carbons (Fsp3) is 0.450. The number of carbonyl (C=O) groups is 1. The molecule has 0 saturated carbocycles. The number of nitrogens with zero attached hydrogens (tertiary/aromatic N) is 1. The van der Waals surface area contributed by atoms with Gasteiger partial charge in [-0.05, 0) is 42.9 Å². The van der Waals surface area contributed by atoms with E-state index >= 15 is 0 Å². The Balaban J connectivity index is 2.20. The van der Waals surface area contributed by atoms with E-state index < -0.39 is 0 Å². The van der Waals surface area contributed by atoms with Crippen molar-refractivity contribution >= 4 is 11.5 Å². The van der Waals surface area contributed by atoms with Gasteiger partial charge in [0.1, 0.15) is 0 Å². The monoisotopic (exact) mass is 297 g/mol. The fourth-order valence-corrected chi connectivity index (χ4v) is 2.87. The largest absolute Gasteiger partial charge is 0.339 e. The van der Waals surface area contributed by atoms with Gasteiger partial charge in [0.25, 0.3) is 0 Å². The van der Waals surface area contributed by atoms with Crippen molar-refractivity contribution in [2.75, 3.05) is 13.1 Å². The average molecular weight is 297 g/mol. The zero-order chi connectivity index (χ0) is 15.8. The smallest absolute Gasteiger partial charge is 0.246 e. The molecule has 22 heavy (non-hydrogen) atoms. The Labute approximate surface area is 134 Å². The summed E-state index contributed by atoms with van der Waals surface area (Å²) in [4.78, 5) is 14.3. The molecule has 118 valence electrons. The van der Waals surface area contributed by atoms with Gasteiger partial charge in [0.2, 0.25) is 5.91 Å². The van der Waals surface area contributed by atoms with Crippen molar-refractivity contribution in [1.82, 2.24) is 4.90 Å². The molecule has 0 atom stereocenters. The lowest BCUT2D eigenvalue weighted by Gasteiger charge is -2.14.